The summed E-state index contributed by atoms with van der Waals surface area (Å²) in [5.41, 5.74) is 1.28. The predicted octanol–water partition coefficient (Wildman–Crippen LogP) is 5.03. The molecule has 138 valence electrons. The Bertz CT molecular complexity index is 821. The van der Waals surface area contributed by atoms with Crippen LogP contribution in [0.1, 0.15) is 20.3 Å². The maximum Gasteiger partial charge on any atom is 0.306 e. The molecular weight excluding hydrogens is 359 g/mol. The lowest BCUT2D eigenvalue weighted by Crippen LogP contribution is -2.07. The first-order valence-electron chi connectivity index (χ1n) is 8.47. The molecule has 2 aromatic rings. The van der Waals surface area contributed by atoms with Crippen LogP contribution in [-0.4, -0.2) is 23.8 Å². The summed E-state index contributed by atoms with van der Waals surface area (Å²) in [6.07, 6.45) is 0.599. The van der Waals surface area contributed by atoms with Gasteiger partial charge in [-0.3, -0.25) is 4.79 Å². The van der Waals surface area contributed by atoms with Gasteiger partial charge in [0.05, 0.1) is 18.6 Å². The van der Waals surface area contributed by atoms with Crippen molar-refractivity contribution in [2.45, 2.75) is 26.4 Å². The molecule has 6 heteroatoms. The van der Waals surface area contributed by atoms with Crippen LogP contribution in [0.5, 0.6) is 11.5 Å². The first-order chi connectivity index (χ1) is 12.3. The van der Waals surface area contributed by atoms with Crippen molar-refractivity contribution in [3.63, 3.8) is 0 Å². The summed E-state index contributed by atoms with van der Waals surface area (Å²) in [4.78, 5) is 10.8. The van der Waals surface area contributed by atoms with Gasteiger partial charge in [0, 0.05) is 16.5 Å². The van der Waals surface area contributed by atoms with Crippen molar-refractivity contribution in [2.75, 3.05) is 6.61 Å². The van der Waals surface area contributed by atoms with Crippen LogP contribution in [-0.2, 0) is 4.79 Å². The molecule has 1 N–H and O–H groups in total. The Morgan fingerprint density at radius 3 is 2.69 bits per heavy atom. The second kappa shape index (κ2) is 7.54. The van der Waals surface area contributed by atoms with Crippen LogP contribution < -0.4 is 9.47 Å². The summed E-state index contributed by atoms with van der Waals surface area (Å²) >= 11 is 6.25. The number of aliphatic carboxylic acids is 1. The Hall–Kier alpha value is -2.27. The Kier molecular flexibility index (Phi) is 5.37. The number of carbonyl (C=O) groups is 1. The maximum atomic E-state index is 14.4. The maximum absolute atomic E-state index is 14.4. The standard InChI is InChI=1S/C20H20ClFO4/c1-11(2)26-14-4-5-17(21)15(9-14)12-3-6-19(18(22)8-12)25-10-13-7-16(13)20(23)24/h3-6,8-9,11,13,16H,7,10H2,1-2H3,(H,23,24). The van der Waals surface area contributed by atoms with E-state index in [0.717, 1.165) is 0 Å². The van der Waals surface area contributed by atoms with Crippen molar-refractivity contribution >= 4 is 17.6 Å². The number of hydrogen-bond donors (Lipinski definition) is 1. The van der Waals surface area contributed by atoms with Gasteiger partial charge in [0.1, 0.15) is 5.75 Å². The van der Waals surface area contributed by atoms with E-state index in [1.807, 2.05) is 13.8 Å². The molecule has 0 saturated heterocycles. The molecule has 1 aliphatic carbocycles. The molecular formula is C20H20ClFO4. The fourth-order valence-electron chi connectivity index (χ4n) is 2.79. The van der Waals surface area contributed by atoms with E-state index in [0.29, 0.717) is 28.3 Å². The van der Waals surface area contributed by atoms with Crippen LogP contribution in [0.3, 0.4) is 0 Å². The van der Waals surface area contributed by atoms with E-state index in [1.165, 1.54) is 12.1 Å². The van der Waals surface area contributed by atoms with Gasteiger partial charge in [-0.15, -0.1) is 0 Å². The fourth-order valence-corrected chi connectivity index (χ4v) is 3.01. The van der Waals surface area contributed by atoms with Gasteiger partial charge in [-0.1, -0.05) is 17.7 Å². The number of benzene rings is 2. The average Bonchev–Trinajstić information content (AvgIpc) is 3.35. The van der Waals surface area contributed by atoms with E-state index in [9.17, 15) is 9.18 Å². The molecule has 3 rings (SSSR count). The highest BCUT2D eigenvalue weighted by Crippen LogP contribution is 2.39. The summed E-state index contributed by atoms with van der Waals surface area (Å²) in [6, 6.07) is 9.89. The number of halogens is 2. The van der Waals surface area contributed by atoms with Crippen molar-refractivity contribution in [1.29, 1.82) is 0 Å². The van der Waals surface area contributed by atoms with Crippen LogP contribution in [0, 0.1) is 17.7 Å². The summed E-state index contributed by atoms with van der Waals surface area (Å²) < 4.78 is 25.5. The van der Waals surface area contributed by atoms with E-state index < -0.39 is 11.8 Å². The molecule has 0 aromatic heterocycles. The quantitative estimate of drug-likeness (QED) is 0.733. The molecule has 2 unspecified atom stereocenters. The van der Waals surface area contributed by atoms with Gasteiger partial charge in [-0.05, 0) is 56.2 Å². The molecule has 0 spiro atoms. The van der Waals surface area contributed by atoms with E-state index >= 15 is 0 Å². The zero-order chi connectivity index (χ0) is 18.8. The second-order valence-corrected chi connectivity index (χ2v) is 7.11. The Labute approximate surface area is 156 Å². The summed E-state index contributed by atoms with van der Waals surface area (Å²) in [5.74, 6) is -0.997. The van der Waals surface area contributed by atoms with Crippen LogP contribution in [0.25, 0.3) is 11.1 Å². The number of ether oxygens (including phenoxy) is 2. The van der Waals surface area contributed by atoms with E-state index in [2.05, 4.69) is 0 Å². The third-order valence-electron chi connectivity index (χ3n) is 4.25. The molecule has 2 atom stereocenters. The molecule has 26 heavy (non-hydrogen) atoms. The van der Waals surface area contributed by atoms with Crippen molar-refractivity contribution in [3.05, 3.63) is 47.2 Å². The third-order valence-corrected chi connectivity index (χ3v) is 4.57. The molecule has 0 aliphatic heterocycles. The Balaban J connectivity index is 1.74. The minimum Gasteiger partial charge on any atom is -0.491 e. The minimum atomic E-state index is -0.826. The lowest BCUT2D eigenvalue weighted by Gasteiger charge is -2.13. The SMILES string of the molecule is CC(C)Oc1ccc(Cl)c(-c2ccc(OCC3CC3C(=O)O)c(F)c2)c1. The van der Waals surface area contributed by atoms with Crippen molar-refractivity contribution < 1.29 is 23.8 Å². The molecule has 4 nitrogen and oxygen atoms in total. The molecule has 0 amide bonds. The van der Waals surface area contributed by atoms with E-state index in [4.69, 9.17) is 26.2 Å². The summed E-state index contributed by atoms with van der Waals surface area (Å²) in [7, 11) is 0. The molecule has 2 aromatic carbocycles. The summed E-state index contributed by atoms with van der Waals surface area (Å²) in [6.45, 7) is 4.05. The number of hydrogen-bond acceptors (Lipinski definition) is 3. The van der Waals surface area contributed by atoms with Crippen LogP contribution in [0.4, 0.5) is 4.39 Å². The Morgan fingerprint density at radius 1 is 1.31 bits per heavy atom. The van der Waals surface area contributed by atoms with Gasteiger partial charge in [0.2, 0.25) is 0 Å². The molecule has 1 saturated carbocycles. The average molecular weight is 379 g/mol. The van der Waals surface area contributed by atoms with Gasteiger partial charge >= 0.3 is 5.97 Å². The first kappa shape index (κ1) is 18.5. The normalized spacial score (nSPS) is 18.7. The zero-order valence-electron chi connectivity index (χ0n) is 14.5. The highest BCUT2D eigenvalue weighted by molar-refractivity contribution is 6.33. The number of rotatable bonds is 7. The predicted molar refractivity (Wildman–Crippen MR) is 97.3 cm³/mol. The van der Waals surface area contributed by atoms with Crippen LogP contribution in [0.15, 0.2) is 36.4 Å². The summed E-state index contributed by atoms with van der Waals surface area (Å²) in [5, 5.41) is 9.39. The molecule has 1 aliphatic rings. The fraction of sp³-hybridized carbons (Fsp3) is 0.350. The third kappa shape index (κ3) is 4.28. The largest absolute Gasteiger partial charge is 0.491 e. The first-order valence-corrected chi connectivity index (χ1v) is 8.84. The topological polar surface area (TPSA) is 55.8 Å². The lowest BCUT2D eigenvalue weighted by atomic mass is 10.0. The van der Waals surface area contributed by atoms with Gasteiger partial charge in [0.15, 0.2) is 11.6 Å². The van der Waals surface area contributed by atoms with E-state index in [-0.39, 0.29) is 30.3 Å². The monoisotopic (exact) mass is 378 g/mol. The van der Waals surface area contributed by atoms with Crippen molar-refractivity contribution in [1.82, 2.24) is 0 Å². The zero-order valence-corrected chi connectivity index (χ0v) is 15.3. The van der Waals surface area contributed by atoms with Crippen molar-refractivity contribution in [3.8, 4) is 22.6 Å². The van der Waals surface area contributed by atoms with Gasteiger partial charge < -0.3 is 14.6 Å². The van der Waals surface area contributed by atoms with Gasteiger partial charge in [-0.25, -0.2) is 4.39 Å². The molecule has 1 fully saturated rings. The number of carboxylic acids is 1. The van der Waals surface area contributed by atoms with Gasteiger partial charge in [-0.2, -0.15) is 0 Å². The highest BCUT2D eigenvalue weighted by atomic mass is 35.5. The lowest BCUT2D eigenvalue weighted by molar-refractivity contribution is -0.138. The molecule has 0 heterocycles. The second-order valence-electron chi connectivity index (χ2n) is 6.70. The smallest absolute Gasteiger partial charge is 0.306 e. The van der Waals surface area contributed by atoms with Gasteiger partial charge in [0.25, 0.3) is 0 Å². The minimum absolute atomic E-state index is 0.0218. The molecule has 0 bridgehead atoms. The van der Waals surface area contributed by atoms with Crippen molar-refractivity contribution in [2.24, 2.45) is 11.8 Å². The Morgan fingerprint density at radius 2 is 2.08 bits per heavy atom. The highest BCUT2D eigenvalue weighted by Gasteiger charge is 2.43. The van der Waals surface area contributed by atoms with E-state index in [1.54, 1.807) is 24.3 Å². The number of carboxylic acid groups (broad SMARTS) is 1. The molecule has 0 radical (unpaired) electrons. The van der Waals surface area contributed by atoms with Crippen LogP contribution >= 0.6 is 11.6 Å². The van der Waals surface area contributed by atoms with Crippen LogP contribution in [0.2, 0.25) is 5.02 Å².